The molecule has 0 rings (SSSR count). The van der Waals surface area contributed by atoms with Crippen molar-refractivity contribution in [3.05, 3.63) is 24.8 Å². The fourth-order valence-corrected chi connectivity index (χ4v) is 1.59. The SMILES string of the molecule is C=CCCCCCCC=CCCCOCC. The van der Waals surface area contributed by atoms with Crippen LogP contribution in [0.4, 0.5) is 0 Å². The minimum atomic E-state index is 0.842. The van der Waals surface area contributed by atoms with Crippen LogP contribution < -0.4 is 0 Å². The Balaban J connectivity index is 3.00. The van der Waals surface area contributed by atoms with Crippen LogP contribution >= 0.6 is 0 Å². The van der Waals surface area contributed by atoms with Gasteiger partial charge in [0.1, 0.15) is 0 Å². The Bertz CT molecular complexity index is 161. The smallest absolute Gasteiger partial charge is 0.0468 e. The molecule has 0 heterocycles. The third-order valence-electron chi connectivity index (χ3n) is 2.56. The maximum absolute atomic E-state index is 5.27. The van der Waals surface area contributed by atoms with Gasteiger partial charge in [0.25, 0.3) is 0 Å². The molecule has 0 atom stereocenters. The molecule has 16 heavy (non-hydrogen) atoms. The van der Waals surface area contributed by atoms with E-state index in [-0.39, 0.29) is 0 Å². The molecule has 0 aliphatic rings. The van der Waals surface area contributed by atoms with E-state index in [9.17, 15) is 0 Å². The minimum Gasteiger partial charge on any atom is -0.382 e. The molecule has 0 aliphatic heterocycles. The summed E-state index contributed by atoms with van der Waals surface area (Å²) in [4.78, 5) is 0. The molecule has 0 bridgehead atoms. The van der Waals surface area contributed by atoms with Gasteiger partial charge in [0.15, 0.2) is 0 Å². The molecule has 0 amide bonds. The van der Waals surface area contributed by atoms with Crippen molar-refractivity contribution in [3.63, 3.8) is 0 Å². The summed E-state index contributed by atoms with van der Waals surface area (Å²) in [5, 5.41) is 0. The van der Waals surface area contributed by atoms with Crippen LogP contribution in [0.1, 0.15) is 58.3 Å². The summed E-state index contributed by atoms with van der Waals surface area (Å²) < 4.78 is 5.27. The van der Waals surface area contributed by atoms with E-state index in [1.165, 1.54) is 38.5 Å². The van der Waals surface area contributed by atoms with Crippen molar-refractivity contribution in [1.29, 1.82) is 0 Å². The van der Waals surface area contributed by atoms with Crippen molar-refractivity contribution in [3.8, 4) is 0 Å². The first-order chi connectivity index (χ1) is 7.91. The topological polar surface area (TPSA) is 9.23 Å². The first kappa shape index (κ1) is 15.4. The number of ether oxygens (including phenoxy) is 1. The van der Waals surface area contributed by atoms with Gasteiger partial charge in [-0.05, 0) is 45.4 Å². The summed E-state index contributed by atoms with van der Waals surface area (Å²) >= 11 is 0. The molecular formula is C15H28O. The number of unbranched alkanes of at least 4 members (excludes halogenated alkanes) is 6. The van der Waals surface area contributed by atoms with Crippen molar-refractivity contribution in [2.45, 2.75) is 58.3 Å². The summed E-state index contributed by atoms with van der Waals surface area (Å²) in [5.41, 5.74) is 0. The van der Waals surface area contributed by atoms with E-state index in [1.807, 2.05) is 13.0 Å². The number of rotatable bonds is 12. The molecule has 0 aromatic rings. The first-order valence-corrected chi connectivity index (χ1v) is 6.75. The monoisotopic (exact) mass is 224 g/mol. The normalized spacial score (nSPS) is 11.1. The van der Waals surface area contributed by atoms with E-state index in [0.29, 0.717) is 0 Å². The second-order valence-electron chi connectivity index (χ2n) is 4.09. The van der Waals surface area contributed by atoms with Crippen LogP contribution in [0.5, 0.6) is 0 Å². The average Bonchev–Trinajstić information content (AvgIpc) is 2.31. The van der Waals surface area contributed by atoms with E-state index in [4.69, 9.17) is 4.74 Å². The van der Waals surface area contributed by atoms with Crippen LogP contribution in [0.3, 0.4) is 0 Å². The zero-order valence-electron chi connectivity index (χ0n) is 10.9. The lowest BCUT2D eigenvalue weighted by Crippen LogP contribution is -1.91. The molecule has 0 unspecified atom stereocenters. The van der Waals surface area contributed by atoms with Crippen LogP contribution in [-0.4, -0.2) is 13.2 Å². The summed E-state index contributed by atoms with van der Waals surface area (Å²) in [5.74, 6) is 0. The van der Waals surface area contributed by atoms with Crippen LogP contribution in [0.25, 0.3) is 0 Å². The van der Waals surface area contributed by atoms with Gasteiger partial charge in [-0.1, -0.05) is 31.1 Å². The van der Waals surface area contributed by atoms with E-state index in [1.54, 1.807) is 0 Å². The van der Waals surface area contributed by atoms with E-state index < -0.39 is 0 Å². The lowest BCUT2D eigenvalue weighted by molar-refractivity contribution is 0.145. The molecule has 94 valence electrons. The van der Waals surface area contributed by atoms with Crippen LogP contribution in [-0.2, 0) is 4.74 Å². The molecule has 1 nitrogen and oxygen atoms in total. The highest BCUT2D eigenvalue weighted by Crippen LogP contribution is 2.06. The Labute approximate surface area is 102 Å². The van der Waals surface area contributed by atoms with E-state index in [0.717, 1.165) is 26.1 Å². The molecule has 0 aliphatic carbocycles. The summed E-state index contributed by atoms with van der Waals surface area (Å²) in [6.45, 7) is 7.52. The highest BCUT2D eigenvalue weighted by atomic mass is 16.5. The summed E-state index contributed by atoms with van der Waals surface area (Å²) in [6, 6.07) is 0. The van der Waals surface area contributed by atoms with E-state index >= 15 is 0 Å². The van der Waals surface area contributed by atoms with Gasteiger partial charge in [-0.15, -0.1) is 6.58 Å². The second kappa shape index (κ2) is 14.4. The van der Waals surface area contributed by atoms with Gasteiger partial charge in [0.2, 0.25) is 0 Å². The first-order valence-electron chi connectivity index (χ1n) is 6.75. The lowest BCUT2D eigenvalue weighted by Gasteiger charge is -1.98. The van der Waals surface area contributed by atoms with Gasteiger partial charge in [-0.3, -0.25) is 0 Å². The molecule has 0 saturated heterocycles. The fourth-order valence-electron chi connectivity index (χ4n) is 1.59. The molecule has 0 spiro atoms. The maximum atomic E-state index is 5.27. The third-order valence-corrected chi connectivity index (χ3v) is 2.56. The van der Waals surface area contributed by atoms with Crippen molar-refractivity contribution in [2.24, 2.45) is 0 Å². The Morgan fingerprint density at radius 1 is 0.875 bits per heavy atom. The minimum absolute atomic E-state index is 0.842. The number of hydrogen-bond donors (Lipinski definition) is 0. The van der Waals surface area contributed by atoms with Gasteiger partial charge in [0, 0.05) is 13.2 Å². The van der Waals surface area contributed by atoms with Crippen LogP contribution in [0, 0.1) is 0 Å². The Kier molecular flexibility index (Phi) is 13.9. The Morgan fingerprint density at radius 3 is 2.12 bits per heavy atom. The zero-order chi connectivity index (χ0) is 11.9. The van der Waals surface area contributed by atoms with Crippen LogP contribution in [0.15, 0.2) is 24.8 Å². The van der Waals surface area contributed by atoms with E-state index in [2.05, 4.69) is 18.7 Å². The van der Waals surface area contributed by atoms with Crippen molar-refractivity contribution in [2.75, 3.05) is 13.2 Å². The number of allylic oxidation sites excluding steroid dienone is 3. The Morgan fingerprint density at radius 2 is 1.50 bits per heavy atom. The fraction of sp³-hybridized carbons (Fsp3) is 0.733. The second-order valence-corrected chi connectivity index (χ2v) is 4.09. The molecule has 0 aromatic carbocycles. The average molecular weight is 224 g/mol. The molecular weight excluding hydrogens is 196 g/mol. The van der Waals surface area contributed by atoms with Gasteiger partial charge < -0.3 is 4.74 Å². The quantitative estimate of drug-likeness (QED) is 0.339. The summed E-state index contributed by atoms with van der Waals surface area (Å²) in [6.07, 6.45) is 16.7. The summed E-state index contributed by atoms with van der Waals surface area (Å²) in [7, 11) is 0. The standard InChI is InChI=1S/C15H28O/c1-3-5-6-7-8-9-10-11-12-13-14-15-16-4-2/h3,11-12H,1,4-10,13-15H2,2H3. The zero-order valence-corrected chi connectivity index (χ0v) is 10.9. The molecule has 0 aromatic heterocycles. The highest BCUT2D eigenvalue weighted by Gasteiger charge is 1.87. The van der Waals surface area contributed by atoms with Crippen molar-refractivity contribution < 1.29 is 4.74 Å². The van der Waals surface area contributed by atoms with Crippen molar-refractivity contribution >= 4 is 0 Å². The molecule has 0 N–H and O–H groups in total. The molecule has 1 heteroatoms. The molecule has 0 saturated carbocycles. The predicted molar refractivity (Wildman–Crippen MR) is 72.8 cm³/mol. The Hall–Kier alpha value is -0.560. The van der Waals surface area contributed by atoms with Gasteiger partial charge in [-0.25, -0.2) is 0 Å². The van der Waals surface area contributed by atoms with Gasteiger partial charge in [0.05, 0.1) is 0 Å². The van der Waals surface area contributed by atoms with Crippen LogP contribution in [0.2, 0.25) is 0 Å². The predicted octanol–water partition coefficient (Wildman–Crippen LogP) is 4.89. The third kappa shape index (κ3) is 13.4. The number of hydrogen-bond acceptors (Lipinski definition) is 1. The van der Waals surface area contributed by atoms with Crippen molar-refractivity contribution in [1.82, 2.24) is 0 Å². The lowest BCUT2D eigenvalue weighted by atomic mass is 10.1. The van der Waals surface area contributed by atoms with Gasteiger partial charge >= 0.3 is 0 Å². The largest absolute Gasteiger partial charge is 0.382 e. The molecule has 0 fully saturated rings. The highest BCUT2D eigenvalue weighted by molar-refractivity contribution is 4.81. The molecule has 0 radical (unpaired) electrons. The van der Waals surface area contributed by atoms with Gasteiger partial charge in [-0.2, -0.15) is 0 Å². The maximum Gasteiger partial charge on any atom is 0.0468 e.